The van der Waals surface area contributed by atoms with Crippen LogP contribution in [-0.4, -0.2) is 35.2 Å². The molecule has 0 N–H and O–H groups in total. The van der Waals surface area contributed by atoms with Crippen LogP contribution in [0.4, 0.5) is 0 Å². The fraction of sp³-hybridized carbons (Fsp3) is 0.391. The van der Waals surface area contributed by atoms with Crippen molar-refractivity contribution in [3.05, 3.63) is 71.3 Å². The van der Waals surface area contributed by atoms with E-state index < -0.39 is 6.04 Å². The lowest BCUT2D eigenvalue weighted by Crippen LogP contribution is -2.44. The van der Waals surface area contributed by atoms with E-state index in [2.05, 4.69) is 6.92 Å². The Labute approximate surface area is 171 Å². The molecule has 0 aliphatic carbocycles. The molecule has 0 aromatic heterocycles. The van der Waals surface area contributed by atoms with Crippen molar-refractivity contribution in [2.24, 2.45) is 5.92 Å². The van der Waals surface area contributed by atoms with E-state index in [1.54, 1.807) is 16.7 Å². The molecule has 0 bridgehead atoms. The lowest BCUT2D eigenvalue weighted by atomic mass is 10.1. The molecule has 0 spiro atoms. The topological polar surface area (TPSA) is 46.6 Å². The first kappa shape index (κ1) is 20.5. The molecule has 0 radical (unpaired) electrons. The molecule has 1 amide bonds. The van der Waals surface area contributed by atoms with Crippen LogP contribution in [0.5, 0.6) is 0 Å². The molecule has 2 aromatic carbocycles. The van der Waals surface area contributed by atoms with Gasteiger partial charge in [0.1, 0.15) is 11.4 Å². The van der Waals surface area contributed by atoms with Gasteiger partial charge in [-0.15, -0.1) is 11.8 Å². The summed E-state index contributed by atoms with van der Waals surface area (Å²) in [7, 11) is 0. The van der Waals surface area contributed by atoms with Crippen molar-refractivity contribution in [1.82, 2.24) is 4.90 Å². The molecular weight excluding hydrogens is 370 g/mol. The van der Waals surface area contributed by atoms with Crippen LogP contribution in [0, 0.1) is 5.92 Å². The zero-order valence-corrected chi connectivity index (χ0v) is 17.4. The third kappa shape index (κ3) is 4.58. The number of rotatable bonds is 6. The highest BCUT2D eigenvalue weighted by Gasteiger charge is 2.43. The maximum absolute atomic E-state index is 13.4. The summed E-state index contributed by atoms with van der Waals surface area (Å²) >= 11 is 1.61. The monoisotopic (exact) mass is 397 g/mol. The lowest BCUT2D eigenvalue weighted by Gasteiger charge is -2.29. The maximum atomic E-state index is 13.4. The number of carbonyl (C=O) groups excluding carboxylic acids is 2. The fourth-order valence-electron chi connectivity index (χ4n) is 3.19. The average Bonchev–Trinajstić information content (AvgIpc) is 3.17. The number of esters is 1. The molecule has 2 aromatic rings. The van der Waals surface area contributed by atoms with Gasteiger partial charge in [0.05, 0.1) is 6.61 Å². The van der Waals surface area contributed by atoms with E-state index >= 15 is 0 Å². The Morgan fingerprint density at radius 3 is 2.39 bits per heavy atom. The molecule has 1 fully saturated rings. The Bertz CT molecular complexity index is 804. The largest absolute Gasteiger partial charge is 0.464 e. The van der Waals surface area contributed by atoms with Crippen LogP contribution >= 0.6 is 11.8 Å². The van der Waals surface area contributed by atoms with E-state index in [1.165, 1.54) is 5.56 Å². The van der Waals surface area contributed by atoms with Gasteiger partial charge in [-0.25, -0.2) is 4.79 Å². The third-order valence-electron chi connectivity index (χ3n) is 4.76. The third-order valence-corrected chi connectivity index (χ3v) is 6.08. The predicted octanol–water partition coefficient (Wildman–Crippen LogP) is 4.70. The molecule has 1 heterocycles. The van der Waals surface area contributed by atoms with Gasteiger partial charge in [0.15, 0.2) is 0 Å². The molecule has 2 unspecified atom stereocenters. The van der Waals surface area contributed by atoms with Gasteiger partial charge >= 0.3 is 5.97 Å². The van der Waals surface area contributed by atoms with Gasteiger partial charge in [-0.05, 0) is 35.6 Å². The zero-order chi connectivity index (χ0) is 20.1. The summed E-state index contributed by atoms with van der Waals surface area (Å²) in [6.45, 7) is 6.45. The highest BCUT2D eigenvalue weighted by atomic mass is 32.2. The molecule has 0 saturated carbocycles. The van der Waals surface area contributed by atoms with Gasteiger partial charge in [-0.2, -0.15) is 0 Å². The second-order valence-corrected chi connectivity index (χ2v) is 8.51. The van der Waals surface area contributed by atoms with Crippen LogP contribution in [0.25, 0.3) is 0 Å². The first-order valence-corrected chi connectivity index (χ1v) is 10.8. The Hall–Kier alpha value is -2.27. The SMILES string of the molecule is CCc1ccc(C(=O)N2C(C(=O)OCC(C)C)CSC2c2ccccc2)cc1. The van der Waals surface area contributed by atoms with Crippen molar-refractivity contribution in [3.63, 3.8) is 0 Å². The molecule has 1 saturated heterocycles. The van der Waals surface area contributed by atoms with Crippen LogP contribution in [0.1, 0.15) is 47.6 Å². The van der Waals surface area contributed by atoms with Gasteiger partial charge in [0, 0.05) is 11.3 Å². The number of hydrogen-bond acceptors (Lipinski definition) is 4. The fourth-order valence-corrected chi connectivity index (χ4v) is 4.60. The number of amides is 1. The first-order valence-electron chi connectivity index (χ1n) is 9.76. The zero-order valence-electron chi connectivity index (χ0n) is 16.6. The van der Waals surface area contributed by atoms with E-state index in [9.17, 15) is 9.59 Å². The number of hydrogen-bond donors (Lipinski definition) is 0. The molecule has 28 heavy (non-hydrogen) atoms. The highest BCUT2D eigenvalue weighted by molar-refractivity contribution is 7.99. The summed E-state index contributed by atoms with van der Waals surface area (Å²) < 4.78 is 5.48. The lowest BCUT2D eigenvalue weighted by molar-refractivity contribution is -0.149. The average molecular weight is 398 g/mol. The van der Waals surface area contributed by atoms with Crippen molar-refractivity contribution in [3.8, 4) is 0 Å². The van der Waals surface area contributed by atoms with Crippen molar-refractivity contribution in [2.75, 3.05) is 12.4 Å². The Morgan fingerprint density at radius 1 is 1.11 bits per heavy atom. The summed E-state index contributed by atoms with van der Waals surface area (Å²) in [5, 5.41) is -0.198. The van der Waals surface area contributed by atoms with E-state index in [0.29, 0.717) is 17.9 Å². The standard InChI is InChI=1S/C23H27NO3S/c1-4-17-10-12-18(13-11-17)21(25)24-20(23(26)27-14-16(2)3)15-28-22(24)19-8-6-5-7-9-19/h5-13,16,20,22H,4,14-15H2,1-3H3. The number of ether oxygens (including phenoxy) is 1. The smallest absolute Gasteiger partial charge is 0.329 e. The second kappa shape index (κ2) is 9.28. The summed E-state index contributed by atoms with van der Waals surface area (Å²) in [4.78, 5) is 27.8. The molecule has 4 nitrogen and oxygen atoms in total. The van der Waals surface area contributed by atoms with Gasteiger partial charge in [-0.3, -0.25) is 4.79 Å². The Kier molecular flexibility index (Phi) is 6.79. The van der Waals surface area contributed by atoms with Gasteiger partial charge in [0.2, 0.25) is 0 Å². The molecule has 148 valence electrons. The molecule has 2 atom stereocenters. The van der Waals surface area contributed by atoms with Crippen molar-refractivity contribution >= 4 is 23.6 Å². The quantitative estimate of drug-likeness (QED) is 0.663. The van der Waals surface area contributed by atoms with Crippen LogP contribution < -0.4 is 0 Å². The van der Waals surface area contributed by atoms with E-state index in [4.69, 9.17) is 4.74 Å². The van der Waals surface area contributed by atoms with Crippen LogP contribution in [0.2, 0.25) is 0 Å². The summed E-state index contributed by atoms with van der Waals surface area (Å²) in [5.74, 6) is 0.342. The summed E-state index contributed by atoms with van der Waals surface area (Å²) in [6, 6.07) is 16.9. The number of aryl methyl sites for hydroxylation is 1. The molecule has 1 aliphatic heterocycles. The summed E-state index contributed by atoms with van der Waals surface area (Å²) in [6.07, 6.45) is 0.921. The van der Waals surface area contributed by atoms with Crippen LogP contribution in [0.15, 0.2) is 54.6 Å². The number of benzene rings is 2. The minimum Gasteiger partial charge on any atom is -0.464 e. The molecule has 3 rings (SSSR count). The van der Waals surface area contributed by atoms with E-state index in [-0.39, 0.29) is 23.2 Å². The van der Waals surface area contributed by atoms with Gasteiger partial charge in [0.25, 0.3) is 5.91 Å². The minimum absolute atomic E-state index is 0.131. The minimum atomic E-state index is -0.577. The van der Waals surface area contributed by atoms with Crippen LogP contribution in [-0.2, 0) is 16.0 Å². The molecular formula is C23H27NO3S. The van der Waals surface area contributed by atoms with Crippen molar-refractivity contribution in [1.29, 1.82) is 0 Å². The van der Waals surface area contributed by atoms with E-state index in [1.807, 2.05) is 68.4 Å². The van der Waals surface area contributed by atoms with Crippen molar-refractivity contribution in [2.45, 2.75) is 38.6 Å². The Morgan fingerprint density at radius 2 is 1.79 bits per heavy atom. The Balaban J connectivity index is 1.89. The maximum Gasteiger partial charge on any atom is 0.329 e. The summed E-state index contributed by atoms with van der Waals surface area (Å²) in [5.41, 5.74) is 2.80. The second-order valence-electron chi connectivity index (χ2n) is 7.40. The first-order chi connectivity index (χ1) is 13.5. The number of nitrogens with zero attached hydrogens (tertiary/aromatic N) is 1. The van der Waals surface area contributed by atoms with Gasteiger partial charge < -0.3 is 9.64 Å². The molecule has 5 heteroatoms. The number of carbonyl (C=O) groups is 2. The normalized spacial score (nSPS) is 19.1. The predicted molar refractivity (Wildman–Crippen MR) is 113 cm³/mol. The molecule has 1 aliphatic rings. The van der Waals surface area contributed by atoms with E-state index in [0.717, 1.165) is 12.0 Å². The highest BCUT2D eigenvalue weighted by Crippen LogP contribution is 2.42. The van der Waals surface area contributed by atoms with Crippen LogP contribution in [0.3, 0.4) is 0 Å². The van der Waals surface area contributed by atoms with Gasteiger partial charge in [-0.1, -0.05) is 63.2 Å². The number of thioether (sulfide) groups is 1. The van der Waals surface area contributed by atoms with Crippen molar-refractivity contribution < 1.29 is 14.3 Å².